The molecule has 3 saturated carbocycles. The number of hydrogen-bond acceptors (Lipinski definition) is 2. The molecule has 2 bridgehead atoms. The van der Waals surface area contributed by atoms with Gasteiger partial charge in [-0.2, -0.15) is 0 Å². The minimum atomic E-state index is 0.00213. The van der Waals surface area contributed by atoms with Crippen LogP contribution in [0.3, 0.4) is 0 Å². The van der Waals surface area contributed by atoms with Crippen LogP contribution in [0.15, 0.2) is 0 Å². The summed E-state index contributed by atoms with van der Waals surface area (Å²) >= 11 is 0. The Kier molecular flexibility index (Phi) is 2.14. The molecular formula is C14H22O2. The molecule has 0 aromatic heterocycles. The van der Waals surface area contributed by atoms with E-state index >= 15 is 0 Å². The number of hydrogen-bond donors (Lipinski definition) is 1. The normalized spacial score (nSPS) is 52.7. The predicted molar refractivity (Wildman–Crippen MR) is 60.9 cm³/mol. The van der Waals surface area contributed by atoms with Gasteiger partial charge in [0.25, 0.3) is 0 Å². The highest BCUT2D eigenvalue weighted by molar-refractivity contribution is 5.15. The second-order valence-electron chi connectivity index (χ2n) is 6.51. The first kappa shape index (κ1) is 9.90. The molecule has 0 aromatic carbocycles. The number of fused-ring (bicyclic) bond motifs is 5. The van der Waals surface area contributed by atoms with E-state index in [9.17, 15) is 5.11 Å². The molecule has 1 heterocycles. The summed E-state index contributed by atoms with van der Waals surface area (Å²) < 4.78 is 5.39. The van der Waals surface area contributed by atoms with E-state index in [2.05, 4.69) is 0 Å². The van der Waals surface area contributed by atoms with E-state index < -0.39 is 0 Å². The van der Waals surface area contributed by atoms with E-state index in [1.165, 1.54) is 19.3 Å². The van der Waals surface area contributed by atoms with Gasteiger partial charge in [-0.1, -0.05) is 0 Å². The van der Waals surface area contributed by atoms with Crippen LogP contribution in [0.2, 0.25) is 0 Å². The zero-order chi connectivity index (χ0) is 10.7. The molecule has 4 rings (SSSR count). The van der Waals surface area contributed by atoms with Crippen LogP contribution >= 0.6 is 0 Å². The third kappa shape index (κ3) is 1.26. The number of aliphatic hydroxyl groups excluding tert-OH is 1. The molecule has 2 heteroatoms. The fraction of sp³-hybridized carbons (Fsp3) is 1.00. The predicted octanol–water partition coefficient (Wildman–Crippen LogP) is 2.07. The Morgan fingerprint density at radius 3 is 2.19 bits per heavy atom. The lowest BCUT2D eigenvalue weighted by molar-refractivity contribution is -0.00760. The minimum Gasteiger partial charge on any atom is -0.393 e. The van der Waals surface area contributed by atoms with Gasteiger partial charge in [0.1, 0.15) is 0 Å². The summed E-state index contributed by atoms with van der Waals surface area (Å²) in [5.74, 6) is 5.08. The molecule has 4 fully saturated rings. The number of ether oxygens (including phenoxy) is 1. The third-order valence-corrected chi connectivity index (χ3v) is 5.94. The van der Waals surface area contributed by atoms with Crippen LogP contribution in [0, 0.1) is 35.5 Å². The van der Waals surface area contributed by atoms with Crippen LogP contribution < -0.4 is 0 Å². The summed E-state index contributed by atoms with van der Waals surface area (Å²) in [6.07, 6.45) is 6.60. The Labute approximate surface area is 97.4 Å². The average molecular weight is 222 g/mol. The van der Waals surface area contributed by atoms with Crippen molar-refractivity contribution in [2.45, 2.75) is 38.2 Å². The molecule has 1 N–H and O–H groups in total. The van der Waals surface area contributed by atoms with Crippen molar-refractivity contribution in [2.24, 2.45) is 35.5 Å². The van der Waals surface area contributed by atoms with Gasteiger partial charge in [0.15, 0.2) is 0 Å². The van der Waals surface area contributed by atoms with E-state index in [1.54, 1.807) is 0 Å². The molecule has 5 unspecified atom stereocenters. The first-order valence-electron chi connectivity index (χ1n) is 7.12. The maximum atomic E-state index is 10.5. The highest BCUT2D eigenvalue weighted by Crippen LogP contribution is 2.70. The van der Waals surface area contributed by atoms with Gasteiger partial charge in [-0.05, 0) is 67.6 Å². The van der Waals surface area contributed by atoms with Gasteiger partial charge < -0.3 is 9.84 Å². The van der Waals surface area contributed by atoms with Gasteiger partial charge in [0.2, 0.25) is 0 Å². The second-order valence-corrected chi connectivity index (χ2v) is 6.51. The molecule has 90 valence electrons. The molecule has 0 radical (unpaired) electrons. The summed E-state index contributed by atoms with van der Waals surface area (Å²) in [6, 6.07) is 0. The summed E-state index contributed by atoms with van der Waals surface area (Å²) in [6.45, 7) is 1.74. The first-order valence-corrected chi connectivity index (χ1v) is 7.12. The molecule has 0 amide bonds. The zero-order valence-electron chi connectivity index (χ0n) is 9.85. The average Bonchev–Trinajstić information content (AvgIpc) is 2.77. The Morgan fingerprint density at radius 1 is 0.938 bits per heavy atom. The fourth-order valence-corrected chi connectivity index (χ4v) is 5.22. The lowest BCUT2D eigenvalue weighted by atomic mass is 9.87. The first-order chi connectivity index (χ1) is 7.86. The highest BCUT2D eigenvalue weighted by Gasteiger charge is 2.67. The monoisotopic (exact) mass is 222 g/mol. The van der Waals surface area contributed by atoms with Gasteiger partial charge in [-0.3, -0.25) is 0 Å². The Morgan fingerprint density at radius 2 is 1.56 bits per heavy atom. The smallest absolute Gasteiger partial charge is 0.0603 e. The second kappa shape index (κ2) is 3.46. The maximum absolute atomic E-state index is 10.5. The standard InChI is InChI=1S/C14H22O2/c15-14(8-3-5-16-6-4-8)13-11-9-1-2-10(7-9)12(11)13/h8-15H,1-7H2. The van der Waals surface area contributed by atoms with E-state index in [0.29, 0.717) is 11.8 Å². The van der Waals surface area contributed by atoms with Crippen LogP contribution in [0.5, 0.6) is 0 Å². The van der Waals surface area contributed by atoms with Crippen molar-refractivity contribution in [1.29, 1.82) is 0 Å². The van der Waals surface area contributed by atoms with Crippen molar-refractivity contribution in [1.82, 2.24) is 0 Å². The van der Waals surface area contributed by atoms with Crippen molar-refractivity contribution >= 4 is 0 Å². The molecule has 1 saturated heterocycles. The van der Waals surface area contributed by atoms with Gasteiger partial charge in [-0.25, -0.2) is 0 Å². The molecule has 5 atom stereocenters. The zero-order valence-corrected chi connectivity index (χ0v) is 9.85. The van der Waals surface area contributed by atoms with Crippen LogP contribution in [0.25, 0.3) is 0 Å². The summed E-state index contributed by atoms with van der Waals surface area (Å²) in [5.41, 5.74) is 0. The fourth-order valence-electron chi connectivity index (χ4n) is 5.22. The van der Waals surface area contributed by atoms with Crippen molar-refractivity contribution in [2.75, 3.05) is 13.2 Å². The molecule has 2 nitrogen and oxygen atoms in total. The molecule has 4 aliphatic rings. The SMILES string of the molecule is OC(C1CCOCC1)C1C2C3CCC(C3)C21. The van der Waals surface area contributed by atoms with Crippen LogP contribution in [0.1, 0.15) is 32.1 Å². The Hall–Kier alpha value is -0.0800. The quantitative estimate of drug-likeness (QED) is 0.775. The molecule has 16 heavy (non-hydrogen) atoms. The summed E-state index contributed by atoms with van der Waals surface area (Å²) in [5, 5.41) is 10.5. The summed E-state index contributed by atoms with van der Waals surface area (Å²) in [7, 11) is 0. The lowest BCUT2D eigenvalue weighted by Crippen LogP contribution is -2.30. The van der Waals surface area contributed by atoms with Gasteiger partial charge in [0.05, 0.1) is 6.10 Å². The number of rotatable bonds is 2. The molecule has 0 spiro atoms. The lowest BCUT2D eigenvalue weighted by Gasteiger charge is -2.28. The van der Waals surface area contributed by atoms with E-state index in [1.807, 2.05) is 0 Å². The van der Waals surface area contributed by atoms with Crippen molar-refractivity contribution < 1.29 is 9.84 Å². The minimum absolute atomic E-state index is 0.00213. The van der Waals surface area contributed by atoms with Gasteiger partial charge >= 0.3 is 0 Å². The van der Waals surface area contributed by atoms with E-state index in [4.69, 9.17) is 4.74 Å². The topological polar surface area (TPSA) is 29.5 Å². The van der Waals surface area contributed by atoms with Gasteiger partial charge in [-0.15, -0.1) is 0 Å². The largest absolute Gasteiger partial charge is 0.393 e. The molecule has 3 aliphatic carbocycles. The van der Waals surface area contributed by atoms with E-state index in [0.717, 1.165) is 49.7 Å². The molecular weight excluding hydrogens is 200 g/mol. The molecule has 1 aliphatic heterocycles. The number of aliphatic hydroxyl groups is 1. The summed E-state index contributed by atoms with van der Waals surface area (Å²) in [4.78, 5) is 0. The van der Waals surface area contributed by atoms with Crippen LogP contribution in [-0.4, -0.2) is 24.4 Å². The maximum Gasteiger partial charge on any atom is 0.0603 e. The van der Waals surface area contributed by atoms with Crippen molar-refractivity contribution in [3.8, 4) is 0 Å². The van der Waals surface area contributed by atoms with Crippen LogP contribution in [0.4, 0.5) is 0 Å². The van der Waals surface area contributed by atoms with Crippen molar-refractivity contribution in [3.63, 3.8) is 0 Å². The van der Waals surface area contributed by atoms with Crippen LogP contribution in [-0.2, 0) is 4.74 Å². The highest BCUT2D eigenvalue weighted by atomic mass is 16.5. The van der Waals surface area contributed by atoms with E-state index in [-0.39, 0.29) is 6.10 Å². The molecule has 0 aromatic rings. The third-order valence-electron chi connectivity index (χ3n) is 5.94. The Balaban J connectivity index is 1.44. The van der Waals surface area contributed by atoms with Gasteiger partial charge in [0, 0.05) is 13.2 Å². The van der Waals surface area contributed by atoms with Crippen molar-refractivity contribution in [3.05, 3.63) is 0 Å². The Bertz CT molecular complexity index is 268.